The average molecular weight is 283 g/mol. The number of nitrogens with zero attached hydrogens (tertiary/aromatic N) is 2. The Balaban J connectivity index is 3.04. The first-order chi connectivity index (χ1) is 7.50. The third-order valence-electron chi connectivity index (χ3n) is 2.04. The van der Waals surface area contributed by atoms with Gasteiger partial charge in [0.1, 0.15) is 0 Å². The number of halogens is 1. The maximum Gasteiger partial charge on any atom is 0.211 e. The molecule has 0 spiro atoms. The smallest absolute Gasteiger partial charge is 0.211 e. The van der Waals surface area contributed by atoms with Crippen LogP contribution in [-0.4, -0.2) is 12.2 Å². The summed E-state index contributed by atoms with van der Waals surface area (Å²) in [6, 6.07) is 6.01. The van der Waals surface area contributed by atoms with Gasteiger partial charge in [0.05, 0.1) is 6.21 Å². The Morgan fingerprint density at radius 1 is 1.38 bits per heavy atom. The molecule has 0 saturated heterocycles. The molecule has 16 heavy (non-hydrogen) atoms. The minimum absolute atomic E-state index is 0.0422. The fourth-order valence-electron chi connectivity index (χ4n) is 1.32. The normalized spacial score (nSPS) is 11.0. The lowest BCUT2D eigenvalue weighted by atomic mass is 9.98. The Morgan fingerprint density at radius 3 is 2.62 bits per heavy atom. The van der Waals surface area contributed by atoms with Crippen molar-refractivity contribution in [1.82, 2.24) is 0 Å². The van der Waals surface area contributed by atoms with Gasteiger partial charge in [-0.1, -0.05) is 35.8 Å². The largest absolute Gasteiger partial charge is 0.369 e. The highest BCUT2D eigenvalue weighted by molar-refractivity contribution is 9.10. The van der Waals surface area contributed by atoms with E-state index in [0.29, 0.717) is 5.92 Å². The molecule has 0 fully saturated rings. The maximum atomic E-state index is 5.19. The maximum absolute atomic E-state index is 5.19. The number of hydrogen-bond donors (Lipinski definition) is 2. The van der Waals surface area contributed by atoms with E-state index < -0.39 is 0 Å². The van der Waals surface area contributed by atoms with Crippen molar-refractivity contribution in [3.63, 3.8) is 0 Å². The Morgan fingerprint density at radius 2 is 2.06 bits per heavy atom. The molecule has 0 radical (unpaired) electrons. The van der Waals surface area contributed by atoms with Crippen LogP contribution in [0.3, 0.4) is 0 Å². The summed E-state index contributed by atoms with van der Waals surface area (Å²) >= 11 is 3.44. The van der Waals surface area contributed by atoms with Crippen molar-refractivity contribution in [2.45, 2.75) is 19.8 Å². The van der Waals surface area contributed by atoms with Crippen LogP contribution in [0.1, 0.15) is 30.9 Å². The van der Waals surface area contributed by atoms with Gasteiger partial charge < -0.3 is 11.5 Å². The molecule has 1 aromatic carbocycles. The monoisotopic (exact) mass is 282 g/mol. The molecule has 0 saturated carbocycles. The minimum atomic E-state index is -0.0422. The first kappa shape index (κ1) is 12.7. The van der Waals surface area contributed by atoms with Crippen LogP contribution >= 0.6 is 15.9 Å². The molecule has 0 aliphatic rings. The van der Waals surface area contributed by atoms with Crippen molar-refractivity contribution in [3.8, 4) is 0 Å². The standard InChI is InChI=1S/C11H15BrN4/c1-7(2)10-5-9(12)4-3-8(10)6-15-16-11(13)14/h3-7H,1-2H3,(H4,13,14,16). The van der Waals surface area contributed by atoms with E-state index >= 15 is 0 Å². The molecular formula is C11H15BrN4. The number of guanidine groups is 1. The second-order valence-electron chi connectivity index (χ2n) is 3.70. The molecule has 1 aromatic rings. The van der Waals surface area contributed by atoms with Crippen LogP contribution in [0.15, 0.2) is 32.9 Å². The number of rotatable bonds is 3. The van der Waals surface area contributed by atoms with Crippen molar-refractivity contribution in [3.05, 3.63) is 33.8 Å². The van der Waals surface area contributed by atoms with Crippen LogP contribution in [0.5, 0.6) is 0 Å². The van der Waals surface area contributed by atoms with Gasteiger partial charge >= 0.3 is 0 Å². The fourth-order valence-corrected chi connectivity index (χ4v) is 1.70. The van der Waals surface area contributed by atoms with Crippen LogP contribution < -0.4 is 11.5 Å². The van der Waals surface area contributed by atoms with Crippen molar-refractivity contribution in [2.24, 2.45) is 21.7 Å². The lowest BCUT2D eigenvalue weighted by Gasteiger charge is -2.09. The summed E-state index contributed by atoms with van der Waals surface area (Å²) in [7, 11) is 0. The molecule has 0 atom stereocenters. The van der Waals surface area contributed by atoms with Crippen LogP contribution in [0.4, 0.5) is 0 Å². The van der Waals surface area contributed by atoms with Crippen LogP contribution in [0.2, 0.25) is 0 Å². The number of hydrogen-bond acceptors (Lipinski definition) is 2. The Labute approximate surface area is 104 Å². The highest BCUT2D eigenvalue weighted by Gasteiger charge is 2.05. The number of benzene rings is 1. The molecule has 4 nitrogen and oxygen atoms in total. The van der Waals surface area contributed by atoms with Gasteiger partial charge in [-0.15, -0.1) is 5.10 Å². The zero-order chi connectivity index (χ0) is 12.1. The molecular weight excluding hydrogens is 268 g/mol. The van der Waals surface area contributed by atoms with Crippen molar-refractivity contribution in [2.75, 3.05) is 0 Å². The molecule has 4 N–H and O–H groups in total. The van der Waals surface area contributed by atoms with E-state index in [0.717, 1.165) is 10.0 Å². The third-order valence-corrected chi connectivity index (χ3v) is 2.53. The average Bonchev–Trinajstić information content (AvgIpc) is 2.19. The van der Waals surface area contributed by atoms with Gasteiger partial charge in [0, 0.05) is 4.47 Å². The minimum Gasteiger partial charge on any atom is -0.369 e. The van der Waals surface area contributed by atoms with Crippen LogP contribution in [0, 0.1) is 0 Å². The zero-order valence-electron chi connectivity index (χ0n) is 9.31. The molecule has 0 bridgehead atoms. The van der Waals surface area contributed by atoms with E-state index in [1.54, 1.807) is 6.21 Å². The van der Waals surface area contributed by atoms with Crippen molar-refractivity contribution in [1.29, 1.82) is 0 Å². The molecule has 86 valence electrons. The lowest BCUT2D eigenvalue weighted by Crippen LogP contribution is -2.21. The first-order valence-electron chi connectivity index (χ1n) is 4.92. The van der Waals surface area contributed by atoms with Gasteiger partial charge in [0.2, 0.25) is 5.96 Å². The molecule has 1 rings (SSSR count). The second kappa shape index (κ2) is 5.65. The molecule has 0 heterocycles. The molecule has 0 aromatic heterocycles. The molecule has 5 heteroatoms. The summed E-state index contributed by atoms with van der Waals surface area (Å²) in [6.45, 7) is 4.25. The summed E-state index contributed by atoms with van der Waals surface area (Å²) < 4.78 is 1.05. The van der Waals surface area contributed by atoms with Gasteiger partial charge in [-0.05, 0) is 29.2 Å². The summed E-state index contributed by atoms with van der Waals surface area (Å²) in [6.07, 6.45) is 1.65. The summed E-state index contributed by atoms with van der Waals surface area (Å²) in [5.41, 5.74) is 12.6. The second-order valence-corrected chi connectivity index (χ2v) is 4.61. The van der Waals surface area contributed by atoms with Gasteiger partial charge in [-0.25, -0.2) is 0 Å². The van der Waals surface area contributed by atoms with E-state index in [1.807, 2.05) is 12.1 Å². The van der Waals surface area contributed by atoms with E-state index in [1.165, 1.54) is 5.56 Å². The third kappa shape index (κ3) is 3.66. The Bertz CT molecular complexity index is 420. The van der Waals surface area contributed by atoms with Gasteiger partial charge in [0.15, 0.2) is 0 Å². The van der Waals surface area contributed by atoms with E-state index in [2.05, 4.69) is 46.0 Å². The number of nitrogens with two attached hydrogens (primary N) is 2. The highest BCUT2D eigenvalue weighted by atomic mass is 79.9. The van der Waals surface area contributed by atoms with E-state index in [4.69, 9.17) is 11.5 Å². The predicted molar refractivity (Wildman–Crippen MR) is 71.6 cm³/mol. The van der Waals surface area contributed by atoms with Gasteiger partial charge in [-0.2, -0.15) is 5.10 Å². The topological polar surface area (TPSA) is 76.8 Å². The van der Waals surface area contributed by atoms with Gasteiger partial charge in [-0.3, -0.25) is 0 Å². The summed E-state index contributed by atoms with van der Waals surface area (Å²) in [5.74, 6) is 0.373. The quantitative estimate of drug-likeness (QED) is 0.506. The SMILES string of the molecule is CC(C)c1cc(Br)ccc1C=NN=C(N)N. The molecule has 0 aliphatic carbocycles. The summed E-state index contributed by atoms with van der Waals surface area (Å²) in [5, 5.41) is 7.38. The molecule has 0 unspecified atom stereocenters. The lowest BCUT2D eigenvalue weighted by molar-refractivity contribution is 0.863. The van der Waals surface area contributed by atoms with Crippen LogP contribution in [0.25, 0.3) is 0 Å². The van der Waals surface area contributed by atoms with Gasteiger partial charge in [0.25, 0.3) is 0 Å². The zero-order valence-corrected chi connectivity index (χ0v) is 10.9. The highest BCUT2D eigenvalue weighted by Crippen LogP contribution is 2.22. The summed E-state index contributed by atoms with van der Waals surface area (Å²) in [4.78, 5) is 0. The Kier molecular flexibility index (Phi) is 4.49. The Hall–Kier alpha value is -1.36. The van der Waals surface area contributed by atoms with Crippen LogP contribution in [-0.2, 0) is 0 Å². The van der Waals surface area contributed by atoms with E-state index in [9.17, 15) is 0 Å². The van der Waals surface area contributed by atoms with Crippen molar-refractivity contribution >= 4 is 28.1 Å². The fraction of sp³-hybridized carbons (Fsp3) is 0.273. The first-order valence-corrected chi connectivity index (χ1v) is 5.71. The molecule has 0 aliphatic heterocycles. The predicted octanol–water partition coefficient (Wildman–Crippen LogP) is 2.18. The van der Waals surface area contributed by atoms with E-state index in [-0.39, 0.29) is 5.96 Å². The van der Waals surface area contributed by atoms with Crippen molar-refractivity contribution < 1.29 is 0 Å². The molecule has 0 amide bonds.